The Hall–Kier alpha value is -2.53. The minimum Gasteiger partial charge on any atom is -0.444 e. The second-order valence-corrected chi connectivity index (χ2v) is 10.5. The number of fused-ring (bicyclic) bond motifs is 3. The van der Waals surface area contributed by atoms with Gasteiger partial charge in [0.1, 0.15) is 5.60 Å². The van der Waals surface area contributed by atoms with Crippen molar-refractivity contribution in [2.45, 2.75) is 56.4 Å². The molecule has 0 spiro atoms. The molecule has 0 saturated carbocycles. The second-order valence-electron chi connectivity index (χ2n) is 8.60. The number of sulfonamides is 1. The minimum absolute atomic E-state index is 0.0112. The van der Waals surface area contributed by atoms with Gasteiger partial charge in [-0.3, -0.25) is 0 Å². The monoisotopic (exact) mass is 455 g/mol. The lowest BCUT2D eigenvalue weighted by molar-refractivity contribution is -0.0517. The molecule has 0 aliphatic carbocycles. The molecule has 4 rings (SSSR count). The molecule has 2 aliphatic heterocycles. The lowest BCUT2D eigenvalue weighted by Crippen LogP contribution is -2.51. The van der Waals surface area contributed by atoms with E-state index < -0.39 is 28.3 Å². The Bertz CT molecular complexity index is 1120. The summed E-state index contributed by atoms with van der Waals surface area (Å²) in [7, 11) is -3.94. The summed E-state index contributed by atoms with van der Waals surface area (Å²) in [4.78, 5) is 17.8. The molecule has 0 unspecified atom stereocenters. The number of carbonyl (C=O) groups is 1. The van der Waals surface area contributed by atoms with Crippen LogP contribution in [0.1, 0.15) is 27.2 Å². The van der Waals surface area contributed by atoms with Crippen molar-refractivity contribution in [3.8, 4) is 5.88 Å². The molecule has 2 bridgehead atoms. The van der Waals surface area contributed by atoms with E-state index in [0.717, 1.165) is 0 Å². The van der Waals surface area contributed by atoms with E-state index in [1.165, 1.54) is 34.8 Å². The Morgan fingerprint density at radius 3 is 2.52 bits per heavy atom. The number of carbonyl (C=O) groups excluding carboxylic acids is 1. The predicted molar refractivity (Wildman–Crippen MR) is 107 cm³/mol. The van der Waals surface area contributed by atoms with E-state index in [2.05, 4.69) is 9.72 Å². The van der Waals surface area contributed by atoms with Crippen molar-refractivity contribution in [3.63, 3.8) is 0 Å². The number of amides is 1. The maximum atomic E-state index is 13.5. The van der Waals surface area contributed by atoms with Crippen molar-refractivity contribution in [1.29, 1.82) is 0 Å². The van der Waals surface area contributed by atoms with Crippen LogP contribution < -0.4 is 4.74 Å². The highest BCUT2D eigenvalue weighted by Crippen LogP contribution is 2.38. The van der Waals surface area contributed by atoms with Gasteiger partial charge in [-0.05, 0) is 45.4 Å². The van der Waals surface area contributed by atoms with Gasteiger partial charge < -0.3 is 14.4 Å². The first-order valence-electron chi connectivity index (χ1n) is 9.81. The number of hydrogen-bond acceptors (Lipinski definition) is 6. The highest BCUT2D eigenvalue weighted by Gasteiger charge is 2.51. The van der Waals surface area contributed by atoms with Gasteiger partial charge >= 0.3 is 12.7 Å². The predicted octanol–water partition coefficient (Wildman–Crippen LogP) is 3.22. The number of likely N-dealkylation sites (tertiary alicyclic amines) is 1. The number of ether oxygens (including phenoxy) is 2. The third-order valence-electron chi connectivity index (χ3n) is 5.34. The molecule has 11 heteroatoms. The number of aromatic nitrogens is 1. The molecule has 1 aromatic carbocycles. The lowest BCUT2D eigenvalue weighted by atomic mass is 10.2. The van der Waals surface area contributed by atoms with Crippen molar-refractivity contribution in [2.75, 3.05) is 13.1 Å². The average Bonchev–Trinajstić information content (AvgIpc) is 3.27. The zero-order valence-corrected chi connectivity index (χ0v) is 18.1. The normalized spacial score (nSPS) is 21.8. The summed E-state index contributed by atoms with van der Waals surface area (Å²) in [5.41, 5.74) is -0.639. The number of alkyl halides is 2. The van der Waals surface area contributed by atoms with E-state index >= 15 is 0 Å². The number of piperazine rings is 1. The molecule has 31 heavy (non-hydrogen) atoms. The standard InChI is InChI=1S/C20H23F2N3O5S/c1-20(2,3)30-19(26)24-10-13-9-12(24)11-25(13)31(27,28)16-6-4-5-15-14(16)7-8-23-17(15)29-18(21)22/h4-8,12-13,18H,9-11H2,1-3H3/t12-,13-/m1/s1. The zero-order chi connectivity index (χ0) is 22.6. The van der Waals surface area contributed by atoms with Crippen LogP contribution in [0.2, 0.25) is 0 Å². The molecule has 2 atom stereocenters. The molecule has 2 fully saturated rings. The van der Waals surface area contributed by atoms with Gasteiger partial charge in [0.25, 0.3) is 0 Å². The van der Waals surface area contributed by atoms with E-state index in [0.29, 0.717) is 6.42 Å². The Morgan fingerprint density at radius 1 is 1.16 bits per heavy atom. The molecular weight excluding hydrogens is 432 g/mol. The largest absolute Gasteiger partial charge is 0.444 e. The summed E-state index contributed by atoms with van der Waals surface area (Å²) in [5.74, 6) is -0.330. The molecule has 2 aromatic rings. The summed E-state index contributed by atoms with van der Waals surface area (Å²) >= 11 is 0. The van der Waals surface area contributed by atoms with Crippen molar-refractivity contribution < 1.29 is 31.5 Å². The number of benzene rings is 1. The summed E-state index contributed by atoms with van der Waals surface area (Å²) in [6, 6.07) is 5.19. The Kier molecular flexibility index (Phi) is 5.29. The van der Waals surface area contributed by atoms with E-state index in [1.807, 2.05) is 0 Å². The van der Waals surface area contributed by atoms with E-state index in [-0.39, 0.29) is 46.7 Å². The van der Waals surface area contributed by atoms with Crippen LogP contribution in [-0.2, 0) is 14.8 Å². The molecule has 2 aliphatic rings. The summed E-state index contributed by atoms with van der Waals surface area (Å²) in [6.45, 7) is 2.64. The fraction of sp³-hybridized carbons (Fsp3) is 0.500. The van der Waals surface area contributed by atoms with Crippen LogP contribution in [0.4, 0.5) is 13.6 Å². The van der Waals surface area contributed by atoms with Gasteiger partial charge in [-0.15, -0.1) is 0 Å². The summed E-state index contributed by atoms with van der Waals surface area (Å²) in [5, 5.41) is 0.434. The Morgan fingerprint density at radius 2 is 1.90 bits per heavy atom. The van der Waals surface area contributed by atoms with Gasteiger partial charge in [0.15, 0.2) is 0 Å². The highest BCUT2D eigenvalue weighted by molar-refractivity contribution is 7.89. The van der Waals surface area contributed by atoms with E-state index in [1.54, 1.807) is 25.7 Å². The average molecular weight is 455 g/mol. The van der Waals surface area contributed by atoms with Crippen molar-refractivity contribution in [1.82, 2.24) is 14.2 Å². The number of pyridine rings is 1. The molecule has 2 saturated heterocycles. The van der Waals surface area contributed by atoms with E-state index in [4.69, 9.17) is 4.74 Å². The highest BCUT2D eigenvalue weighted by atomic mass is 32.2. The fourth-order valence-electron chi connectivity index (χ4n) is 4.15. The van der Waals surface area contributed by atoms with Crippen LogP contribution in [0.15, 0.2) is 35.4 Å². The van der Waals surface area contributed by atoms with Crippen molar-refractivity contribution >= 4 is 26.9 Å². The lowest BCUT2D eigenvalue weighted by Gasteiger charge is -2.34. The fourth-order valence-corrected chi connectivity index (χ4v) is 6.02. The Balaban J connectivity index is 1.61. The van der Waals surface area contributed by atoms with E-state index in [9.17, 15) is 22.0 Å². The first kappa shape index (κ1) is 21.7. The van der Waals surface area contributed by atoms with Crippen LogP contribution in [-0.4, -0.2) is 66.1 Å². The molecule has 3 heterocycles. The topological polar surface area (TPSA) is 89.0 Å². The maximum Gasteiger partial charge on any atom is 0.410 e. The molecule has 0 N–H and O–H groups in total. The molecular formula is C20H23F2N3O5S. The second kappa shape index (κ2) is 7.56. The first-order valence-corrected chi connectivity index (χ1v) is 11.3. The molecule has 168 valence electrons. The van der Waals surface area contributed by atoms with Gasteiger partial charge in [0, 0.05) is 36.1 Å². The Labute approximate surface area is 178 Å². The quantitative estimate of drug-likeness (QED) is 0.703. The third-order valence-corrected chi connectivity index (χ3v) is 7.31. The van der Waals surface area contributed by atoms with Crippen LogP contribution in [0.3, 0.4) is 0 Å². The maximum absolute atomic E-state index is 13.5. The first-order chi connectivity index (χ1) is 14.5. The van der Waals surface area contributed by atoms with Gasteiger partial charge in [0.2, 0.25) is 15.9 Å². The van der Waals surface area contributed by atoms with Crippen LogP contribution in [0, 0.1) is 0 Å². The van der Waals surface area contributed by atoms with Crippen molar-refractivity contribution in [3.05, 3.63) is 30.5 Å². The van der Waals surface area contributed by atoms with Crippen molar-refractivity contribution in [2.24, 2.45) is 0 Å². The van der Waals surface area contributed by atoms with Gasteiger partial charge in [-0.1, -0.05) is 6.07 Å². The number of halogens is 2. The number of nitrogens with zero attached hydrogens (tertiary/aromatic N) is 3. The summed E-state index contributed by atoms with van der Waals surface area (Å²) in [6.07, 6.45) is 1.30. The molecule has 1 aromatic heterocycles. The van der Waals surface area contributed by atoms with Crippen LogP contribution in [0.5, 0.6) is 5.88 Å². The minimum atomic E-state index is -3.94. The SMILES string of the molecule is CC(C)(C)OC(=O)N1C[C@H]2C[C@@H]1CN2S(=O)(=O)c1cccc2c(OC(F)F)nccc12. The number of hydrogen-bond donors (Lipinski definition) is 0. The molecule has 8 nitrogen and oxygen atoms in total. The van der Waals surface area contributed by atoms with Crippen LogP contribution in [0.25, 0.3) is 10.8 Å². The van der Waals surface area contributed by atoms with Gasteiger partial charge in [-0.2, -0.15) is 13.1 Å². The van der Waals surface area contributed by atoms with Gasteiger partial charge in [0.05, 0.1) is 10.9 Å². The molecule has 0 radical (unpaired) electrons. The number of rotatable bonds is 4. The third kappa shape index (κ3) is 4.03. The van der Waals surface area contributed by atoms with Crippen LogP contribution >= 0.6 is 0 Å². The summed E-state index contributed by atoms with van der Waals surface area (Å²) < 4.78 is 63.6. The smallest absolute Gasteiger partial charge is 0.410 e. The van der Waals surface area contributed by atoms with Gasteiger partial charge in [-0.25, -0.2) is 18.2 Å². The molecule has 1 amide bonds. The zero-order valence-electron chi connectivity index (χ0n) is 17.3.